The van der Waals surface area contributed by atoms with Gasteiger partial charge in [-0.2, -0.15) is 0 Å². The minimum absolute atomic E-state index is 0.192. The van der Waals surface area contributed by atoms with E-state index in [1.54, 1.807) is 0 Å². The number of ether oxygens (including phenoxy) is 1. The molecule has 3 heterocycles. The van der Waals surface area contributed by atoms with Crippen molar-refractivity contribution in [3.63, 3.8) is 0 Å². The van der Waals surface area contributed by atoms with Gasteiger partial charge in [0, 0.05) is 18.1 Å². The average molecular weight is 504 g/mol. The highest BCUT2D eigenvalue weighted by Gasteiger charge is 2.61. The standard InChI is InChI=1S/C31H41N3O3/c1-21(31(36,23-9-4-2-5-10-23)24-11-6-3-7-12-24)32-30(35)33-25-17-15-22(16-18-25)19-20-34-26-13-8-14-27(34)29-28(26)37-29/h2-7,9-12,21-22,25-29,36H,8,13-20H2,1H3,(H2,32,33,35)/t21-,22?,25?,26?,27?,28?,29?/m1/s1. The van der Waals surface area contributed by atoms with E-state index in [0.29, 0.717) is 24.3 Å². The van der Waals surface area contributed by atoms with E-state index in [-0.39, 0.29) is 12.1 Å². The maximum Gasteiger partial charge on any atom is 0.315 e. The number of rotatable bonds is 8. The van der Waals surface area contributed by atoms with Crippen LogP contribution in [0.15, 0.2) is 60.7 Å². The van der Waals surface area contributed by atoms with Crippen LogP contribution in [0.3, 0.4) is 0 Å². The fourth-order valence-electron chi connectivity index (χ4n) is 7.41. The molecular formula is C31H41N3O3. The van der Waals surface area contributed by atoms with Crippen molar-refractivity contribution in [2.24, 2.45) is 5.92 Å². The van der Waals surface area contributed by atoms with E-state index in [0.717, 1.165) is 29.9 Å². The van der Waals surface area contributed by atoms with E-state index in [2.05, 4.69) is 15.5 Å². The molecule has 3 saturated heterocycles. The van der Waals surface area contributed by atoms with E-state index in [9.17, 15) is 9.90 Å². The van der Waals surface area contributed by atoms with Gasteiger partial charge in [0.05, 0.1) is 6.04 Å². The molecule has 4 aliphatic rings. The van der Waals surface area contributed by atoms with Gasteiger partial charge in [-0.05, 0) is 75.5 Å². The van der Waals surface area contributed by atoms with E-state index in [1.807, 2.05) is 67.6 Å². The first-order chi connectivity index (χ1) is 18.0. The molecule has 0 spiro atoms. The number of nitrogens with one attached hydrogen (secondary N) is 2. The predicted octanol–water partition coefficient (Wildman–Crippen LogP) is 4.56. The molecule has 5 atom stereocenters. The van der Waals surface area contributed by atoms with Crippen molar-refractivity contribution in [1.82, 2.24) is 15.5 Å². The molecule has 0 aromatic heterocycles. The summed E-state index contributed by atoms with van der Waals surface area (Å²) in [5.74, 6) is 0.750. The number of hydrogen-bond donors (Lipinski definition) is 3. The quantitative estimate of drug-likeness (QED) is 0.462. The zero-order valence-electron chi connectivity index (χ0n) is 21.9. The third-order valence-electron chi connectivity index (χ3n) is 9.55. The molecule has 198 valence electrons. The number of morpholine rings is 1. The van der Waals surface area contributed by atoms with Crippen molar-refractivity contribution in [1.29, 1.82) is 0 Å². The van der Waals surface area contributed by atoms with Gasteiger partial charge in [-0.15, -0.1) is 0 Å². The van der Waals surface area contributed by atoms with Crippen LogP contribution in [0.25, 0.3) is 0 Å². The summed E-state index contributed by atoms with van der Waals surface area (Å²) in [6.45, 7) is 3.09. The summed E-state index contributed by atoms with van der Waals surface area (Å²) in [4.78, 5) is 15.8. The minimum atomic E-state index is -1.32. The van der Waals surface area contributed by atoms with E-state index in [4.69, 9.17) is 4.74 Å². The Morgan fingerprint density at radius 2 is 1.51 bits per heavy atom. The Balaban J connectivity index is 0.997. The molecule has 1 saturated carbocycles. The SMILES string of the molecule is C[C@@H](NC(=O)NC1CCC(CCN2C3CCCC2C2OC23)CC1)C(O)(c1ccccc1)c1ccccc1. The third-order valence-corrected chi connectivity index (χ3v) is 9.55. The maximum absolute atomic E-state index is 13.0. The van der Waals surface area contributed by atoms with Crippen molar-refractivity contribution in [2.75, 3.05) is 6.54 Å². The monoisotopic (exact) mass is 503 g/mol. The third kappa shape index (κ3) is 4.91. The first-order valence-electron chi connectivity index (χ1n) is 14.4. The summed E-state index contributed by atoms with van der Waals surface area (Å²) < 4.78 is 5.89. The van der Waals surface area contributed by atoms with E-state index in [1.165, 1.54) is 45.1 Å². The molecule has 6 rings (SSSR count). The molecule has 4 fully saturated rings. The lowest BCUT2D eigenvalue weighted by atomic mass is 9.81. The molecule has 2 bridgehead atoms. The number of aliphatic hydroxyl groups is 1. The van der Waals surface area contributed by atoms with Crippen molar-refractivity contribution in [2.45, 2.75) is 100 Å². The number of hydrogen-bond acceptors (Lipinski definition) is 4. The maximum atomic E-state index is 13.0. The fourth-order valence-corrected chi connectivity index (χ4v) is 7.41. The summed E-state index contributed by atoms with van der Waals surface area (Å²) in [5, 5.41) is 18.1. The lowest BCUT2D eigenvalue weighted by Crippen LogP contribution is -2.54. The van der Waals surface area contributed by atoms with Crippen LogP contribution in [-0.2, 0) is 10.3 Å². The number of epoxide rings is 1. The summed E-state index contributed by atoms with van der Waals surface area (Å²) in [6, 6.07) is 20.0. The van der Waals surface area contributed by atoms with Crippen molar-refractivity contribution < 1.29 is 14.6 Å². The Labute approximate surface area is 220 Å². The van der Waals surface area contributed by atoms with Crippen LogP contribution in [0.1, 0.15) is 69.4 Å². The van der Waals surface area contributed by atoms with Crippen LogP contribution < -0.4 is 10.6 Å². The second kappa shape index (κ2) is 10.4. The van der Waals surface area contributed by atoms with Crippen LogP contribution in [0.5, 0.6) is 0 Å². The normalized spacial score (nSPS) is 31.8. The average Bonchev–Trinajstić information content (AvgIpc) is 3.70. The predicted molar refractivity (Wildman–Crippen MR) is 144 cm³/mol. The van der Waals surface area contributed by atoms with Gasteiger partial charge in [0.2, 0.25) is 0 Å². The molecule has 6 nitrogen and oxygen atoms in total. The van der Waals surface area contributed by atoms with E-state index >= 15 is 0 Å². The van der Waals surface area contributed by atoms with Crippen LogP contribution >= 0.6 is 0 Å². The molecule has 1 aliphatic carbocycles. The molecule has 6 heteroatoms. The minimum Gasteiger partial charge on any atom is -0.378 e. The molecule has 2 aromatic carbocycles. The molecule has 3 aliphatic heterocycles. The number of amides is 2. The number of nitrogens with zero attached hydrogens (tertiary/aromatic N) is 1. The largest absolute Gasteiger partial charge is 0.378 e. The molecule has 0 radical (unpaired) electrons. The summed E-state index contributed by atoms with van der Waals surface area (Å²) >= 11 is 0. The van der Waals surface area contributed by atoms with Gasteiger partial charge < -0.3 is 20.5 Å². The lowest BCUT2D eigenvalue weighted by Gasteiger charge is -2.38. The summed E-state index contributed by atoms with van der Waals surface area (Å²) in [6.07, 6.45) is 10.7. The van der Waals surface area contributed by atoms with Gasteiger partial charge in [0.15, 0.2) is 0 Å². The van der Waals surface area contributed by atoms with Gasteiger partial charge in [-0.1, -0.05) is 67.1 Å². The Bertz CT molecular complexity index is 1000. The molecule has 2 amide bonds. The number of carbonyl (C=O) groups excluding carboxylic acids is 1. The molecule has 4 unspecified atom stereocenters. The van der Waals surface area contributed by atoms with Gasteiger partial charge in [0.25, 0.3) is 0 Å². The Morgan fingerprint density at radius 3 is 2.08 bits per heavy atom. The van der Waals surface area contributed by atoms with Crippen molar-refractivity contribution >= 4 is 6.03 Å². The Kier molecular flexibility index (Phi) is 6.99. The molecule has 37 heavy (non-hydrogen) atoms. The molecule has 3 N–H and O–H groups in total. The number of fused-ring (bicyclic) bond motifs is 5. The Morgan fingerprint density at radius 1 is 0.946 bits per heavy atom. The number of piperidine rings is 1. The van der Waals surface area contributed by atoms with Crippen molar-refractivity contribution in [3.05, 3.63) is 71.8 Å². The van der Waals surface area contributed by atoms with Gasteiger partial charge in [-0.25, -0.2) is 4.79 Å². The second-order valence-electron chi connectivity index (χ2n) is 11.7. The van der Waals surface area contributed by atoms with Crippen LogP contribution in [0.2, 0.25) is 0 Å². The first kappa shape index (κ1) is 24.9. The number of benzene rings is 2. The highest BCUT2D eigenvalue weighted by Crippen LogP contribution is 2.48. The van der Waals surface area contributed by atoms with Crippen LogP contribution in [-0.4, -0.2) is 59.0 Å². The zero-order chi connectivity index (χ0) is 25.4. The highest BCUT2D eigenvalue weighted by atomic mass is 16.6. The zero-order valence-corrected chi connectivity index (χ0v) is 21.9. The summed E-state index contributed by atoms with van der Waals surface area (Å²) in [7, 11) is 0. The first-order valence-corrected chi connectivity index (χ1v) is 14.4. The lowest BCUT2D eigenvalue weighted by molar-refractivity contribution is 0.0446. The summed E-state index contributed by atoms with van der Waals surface area (Å²) in [5.41, 5.74) is 0.206. The highest BCUT2D eigenvalue weighted by molar-refractivity contribution is 5.75. The van der Waals surface area contributed by atoms with Gasteiger partial charge in [0.1, 0.15) is 17.8 Å². The van der Waals surface area contributed by atoms with Gasteiger partial charge in [-0.3, -0.25) is 4.90 Å². The smallest absolute Gasteiger partial charge is 0.315 e. The molecular weight excluding hydrogens is 462 g/mol. The topological polar surface area (TPSA) is 77.1 Å². The number of carbonyl (C=O) groups is 1. The Hall–Kier alpha value is -2.41. The fraction of sp³-hybridized carbons (Fsp3) is 0.581. The van der Waals surface area contributed by atoms with Crippen LogP contribution in [0, 0.1) is 5.92 Å². The van der Waals surface area contributed by atoms with Gasteiger partial charge >= 0.3 is 6.03 Å². The van der Waals surface area contributed by atoms with Crippen molar-refractivity contribution in [3.8, 4) is 0 Å². The van der Waals surface area contributed by atoms with E-state index < -0.39 is 11.6 Å². The molecule has 2 aromatic rings. The van der Waals surface area contributed by atoms with Crippen LogP contribution in [0.4, 0.5) is 4.79 Å². The second-order valence-corrected chi connectivity index (χ2v) is 11.7. The number of urea groups is 1.